The van der Waals surface area contributed by atoms with Gasteiger partial charge in [-0.05, 0) is 109 Å². The predicted octanol–water partition coefficient (Wildman–Crippen LogP) is 6.09. The van der Waals surface area contributed by atoms with Crippen LogP contribution >= 0.6 is 0 Å². The van der Waals surface area contributed by atoms with Crippen molar-refractivity contribution in [1.29, 1.82) is 0 Å². The summed E-state index contributed by atoms with van der Waals surface area (Å²) in [6.45, 7) is 8.68. The molecule has 2 aromatic rings. The maximum atomic E-state index is 12.9. The van der Waals surface area contributed by atoms with Gasteiger partial charge in [0.2, 0.25) is 0 Å². The van der Waals surface area contributed by atoms with Crippen LogP contribution in [-0.4, -0.2) is 58.8 Å². The van der Waals surface area contributed by atoms with Gasteiger partial charge in [0, 0.05) is 48.6 Å². The normalized spacial score (nSPS) is 23.1. The van der Waals surface area contributed by atoms with Crippen molar-refractivity contribution >= 4 is 11.7 Å². The smallest absolute Gasteiger partial charge is 0.320 e. The molecular weight excluding hydrogens is 500 g/mol. The monoisotopic (exact) mass is 546 g/mol. The first-order valence-electron chi connectivity index (χ1n) is 15.6. The molecule has 2 aromatic heterocycles. The Hall–Kier alpha value is -2.51. The third kappa shape index (κ3) is 6.85. The highest BCUT2D eigenvalue weighted by Crippen LogP contribution is 2.47. The third-order valence-corrected chi connectivity index (χ3v) is 8.55. The molecular formula is C33H46N4O3. The van der Waals surface area contributed by atoms with Crippen molar-refractivity contribution in [1.82, 2.24) is 14.9 Å². The van der Waals surface area contributed by atoms with Crippen molar-refractivity contribution in [2.24, 2.45) is 0 Å². The fraction of sp³-hybridized carbons (Fsp3) is 0.667. The summed E-state index contributed by atoms with van der Waals surface area (Å²) in [6, 6.07) is 8.94. The van der Waals surface area contributed by atoms with Crippen LogP contribution < -0.4 is 5.32 Å². The highest BCUT2D eigenvalue weighted by Gasteiger charge is 2.42. The summed E-state index contributed by atoms with van der Waals surface area (Å²) < 4.78 is 12.3. The van der Waals surface area contributed by atoms with E-state index >= 15 is 0 Å². The molecule has 0 amide bonds. The number of anilines is 1. The summed E-state index contributed by atoms with van der Waals surface area (Å²) in [6.07, 6.45) is 11.2. The highest BCUT2D eigenvalue weighted by molar-refractivity contribution is 5.72. The van der Waals surface area contributed by atoms with Crippen molar-refractivity contribution in [2.75, 3.05) is 31.6 Å². The van der Waals surface area contributed by atoms with Gasteiger partial charge in [0.15, 0.2) is 0 Å². The van der Waals surface area contributed by atoms with Gasteiger partial charge in [-0.2, -0.15) is 0 Å². The number of nitrogens with one attached hydrogen (secondary N) is 1. The molecule has 2 saturated carbocycles. The van der Waals surface area contributed by atoms with Crippen LogP contribution in [-0.2, 0) is 27.1 Å². The lowest BCUT2D eigenvalue weighted by Crippen LogP contribution is -2.37. The van der Waals surface area contributed by atoms with Crippen LogP contribution in [0.2, 0.25) is 0 Å². The highest BCUT2D eigenvalue weighted by atomic mass is 16.6. The number of pyridine rings is 2. The Morgan fingerprint density at radius 1 is 1.02 bits per heavy atom. The van der Waals surface area contributed by atoms with Gasteiger partial charge in [-0.1, -0.05) is 6.07 Å². The molecule has 6 rings (SSSR count). The van der Waals surface area contributed by atoms with Crippen LogP contribution in [0.4, 0.5) is 5.69 Å². The lowest BCUT2D eigenvalue weighted by molar-refractivity contribution is -0.156. The van der Waals surface area contributed by atoms with Crippen LogP contribution in [0.5, 0.6) is 0 Å². The minimum absolute atomic E-state index is 0.0404. The molecule has 4 heterocycles. The molecule has 0 radical (unpaired) electrons. The third-order valence-electron chi connectivity index (χ3n) is 8.55. The molecule has 0 bridgehead atoms. The summed E-state index contributed by atoms with van der Waals surface area (Å²) in [5.41, 5.74) is 6.89. The average molecular weight is 547 g/mol. The van der Waals surface area contributed by atoms with Gasteiger partial charge in [0.05, 0.1) is 30.1 Å². The first-order valence-corrected chi connectivity index (χ1v) is 15.6. The van der Waals surface area contributed by atoms with Gasteiger partial charge in [-0.3, -0.25) is 19.7 Å². The van der Waals surface area contributed by atoms with Gasteiger partial charge in [0.1, 0.15) is 5.60 Å². The minimum atomic E-state index is -0.488. The Kier molecular flexibility index (Phi) is 8.14. The first kappa shape index (κ1) is 27.6. The molecule has 2 aliphatic heterocycles. The number of hydrogen-bond acceptors (Lipinski definition) is 7. The second kappa shape index (κ2) is 11.8. The Labute approximate surface area is 239 Å². The minimum Gasteiger partial charge on any atom is -0.459 e. The zero-order chi connectivity index (χ0) is 27.7. The van der Waals surface area contributed by atoms with E-state index < -0.39 is 5.60 Å². The number of aryl methyl sites for hydroxylation is 2. The van der Waals surface area contributed by atoms with E-state index in [2.05, 4.69) is 34.5 Å². The van der Waals surface area contributed by atoms with E-state index in [-0.39, 0.29) is 24.7 Å². The fourth-order valence-corrected chi connectivity index (χ4v) is 6.31. The van der Waals surface area contributed by atoms with Gasteiger partial charge < -0.3 is 14.8 Å². The molecule has 1 saturated heterocycles. The number of carbonyl (C=O) groups excluding carboxylic acids is 1. The van der Waals surface area contributed by atoms with Gasteiger partial charge in [-0.25, -0.2) is 0 Å². The Morgan fingerprint density at radius 2 is 1.85 bits per heavy atom. The number of nitrogens with zero attached hydrogens (tertiary/aromatic N) is 3. The lowest BCUT2D eigenvalue weighted by atomic mass is 9.97. The number of aromatic nitrogens is 2. The van der Waals surface area contributed by atoms with Gasteiger partial charge in [-0.15, -0.1) is 0 Å². The molecule has 2 aliphatic carbocycles. The summed E-state index contributed by atoms with van der Waals surface area (Å²) in [4.78, 5) is 25.3. The van der Waals surface area contributed by atoms with E-state index in [1.54, 1.807) is 0 Å². The van der Waals surface area contributed by atoms with Crippen LogP contribution in [0.3, 0.4) is 0 Å². The van der Waals surface area contributed by atoms with Crippen LogP contribution in [0.25, 0.3) is 0 Å². The van der Waals surface area contributed by atoms with Gasteiger partial charge >= 0.3 is 5.97 Å². The van der Waals surface area contributed by atoms with E-state index in [4.69, 9.17) is 19.4 Å². The molecule has 2 unspecified atom stereocenters. The fourth-order valence-electron chi connectivity index (χ4n) is 6.31. The van der Waals surface area contributed by atoms with Crippen molar-refractivity contribution in [3.05, 3.63) is 52.6 Å². The average Bonchev–Trinajstić information content (AvgIpc) is 3.85. The van der Waals surface area contributed by atoms with Crippen molar-refractivity contribution in [3.8, 4) is 0 Å². The van der Waals surface area contributed by atoms with Crippen molar-refractivity contribution in [3.63, 3.8) is 0 Å². The van der Waals surface area contributed by atoms with Crippen LogP contribution in [0.1, 0.15) is 118 Å². The summed E-state index contributed by atoms with van der Waals surface area (Å²) in [5, 5.41) is 3.45. The Bertz CT molecular complexity index is 1200. The molecule has 1 N–H and O–H groups in total. The van der Waals surface area contributed by atoms with Gasteiger partial charge in [0.25, 0.3) is 0 Å². The van der Waals surface area contributed by atoms with Crippen LogP contribution in [0.15, 0.2) is 24.3 Å². The standard InChI is InChI=1S/C33H46N4O3/c1-33(2,3)40-30(38)21-37-19-17-29(32(37)25-14-16-26(22-9-10-22)36-31(25)23-11-12-23)39-20-5-4-7-24-13-15-27-28(35-24)8-6-18-34-27/h13-16,22-23,29,32,34H,4-12,17-21H2,1-3H3. The maximum absolute atomic E-state index is 12.9. The first-order chi connectivity index (χ1) is 19.3. The molecule has 2 atom stereocenters. The second-order valence-electron chi connectivity index (χ2n) is 13.2. The number of rotatable bonds is 11. The Balaban J connectivity index is 1.11. The molecule has 7 heteroatoms. The number of unbranched alkanes of at least 4 members (excludes halogenated alkanes) is 1. The molecule has 7 nitrogen and oxygen atoms in total. The number of esters is 1. The SMILES string of the molecule is CC(C)(C)OC(=O)CN1CCC(OCCCCc2ccc3c(n2)CCCN3)C1c1ccc(C2CC2)nc1C1CC1. The second-order valence-corrected chi connectivity index (χ2v) is 13.2. The molecule has 4 aliphatic rings. The largest absolute Gasteiger partial charge is 0.459 e. The van der Waals surface area contributed by atoms with Crippen molar-refractivity contribution < 1.29 is 14.3 Å². The molecule has 0 aromatic carbocycles. The Morgan fingerprint density at radius 3 is 2.62 bits per heavy atom. The number of hydrogen-bond donors (Lipinski definition) is 1. The zero-order valence-electron chi connectivity index (χ0n) is 24.6. The predicted molar refractivity (Wildman–Crippen MR) is 157 cm³/mol. The number of ether oxygens (including phenoxy) is 2. The van der Waals surface area contributed by atoms with E-state index in [1.165, 1.54) is 59.7 Å². The quantitative estimate of drug-likeness (QED) is 0.270. The number of carbonyl (C=O) groups is 1. The molecule has 0 spiro atoms. The maximum Gasteiger partial charge on any atom is 0.320 e. The van der Waals surface area contributed by atoms with Crippen LogP contribution in [0, 0.1) is 0 Å². The summed E-state index contributed by atoms with van der Waals surface area (Å²) in [5.74, 6) is 1.03. The van der Waals surface area contributed by atoms with Crippen molar-refractivity contribution in [2.45, 2.75) is 115 Å². The summed E-state index contributed by atoms with van der Waals surface area (Å²) >= 11 is 0. The van der Waals surface area contributed by atoms with E-state index in [1.807, 2.05) is 20.8 Å². The van der Waals surface area contributed by atoms with E-state index in [0.717, 1.165) is 58.2 Å². The molecule has 216 valence electrons. The topological polar surface area (TPSA) is 76.6 Å². The summed E-state index contributed by atoms with van der Waals surface area (Å²) in [7, 11) is 0. The number of likely N-dealkylation sites (tertiary alicyclic amines) is 1. The number of fused-ring (bicyclic) bond motifs is 1. The molecule has 40 heavy (non-hydrogen) atoms. The lowest BCUT2D eigenvalue weighted by Gasteiger charge is -2.30. The zero-order valence-corrected chi connectivity index (χ0v) is 24.6. The van der Waals surface area contributed by atoms with E-state index in [0.29, 0.717) is 11.8 Å². The molecule has 3 fully saturated rings. The van der Waals surface area contributed by atoms with E-state index in [9.17, 15) is 4.79 Å².